The van der Waals surface area contributed by atoms with E-state index in [9.17, 15) is 4.79 Å². The molecule has 27 heavy (non-hydrogen) atoms. The monoisotopic (exact) mass is 361 g/mol. The van der Waals surface area contributed by atoms with Crippen molar-refractivity contribution in [2.45, 2.75) is 70.3 Å². The number of likely N-dealkylation sites (N-methyl/N-ethyl adjacent to an activating group) is 1. The molecule has 0 N–H and O–H groups in total. The third-order valence-electron chi connectivity index (χ3n) is 6.95. The van der Waals surface area contributed by atoms with Crippen molar-refractivity contribution in [2.75, 3.05) is 7.05 Å². The molecule has 2 heteroatoms. The van der Waals surface area contributed by atoms with E-state index in [1.54, 1.807) is 0 Å². The molecule has 1 amide bonds. The summed E-state index contributed by atoms with van der Waals surface area (Å²) in [5, 5.41) is 0. The van der Waals surface area contributed by atoms with E-state index in [0.29, 0.717) is 18.4 Å². The summed E-state index contributed by atoms with van der Waals surface area (Å²) in [5.41, 5.74) is 7.15. The second-order valence-electron chi connectivity index (χ2n) is 9.68. The first kappa shape index (κ1) is 18.3. The van der Waals surface area contributed by atoms with Gasteiger partial charge in [0.1, 0.15) is 0 Å². The summed E-state index contributed by atoms with van der Waals surface area (Å²) in [7, 11) is 1.99. The summed E-state index contributed by atoms with van der Waals surface area (Å²) < 4.78 is 0. The van der Waals surface area contributed by atoms with Crippen LogP contribution in [0.4, 0.5) is 0 Å². The Balaban J connectivity index is 1.68. The number of benzene rings is 2. The van der Waals surface area contributed by atoms with Crippen molar-refractivity contribution in [1.29, 1.82) is 0 Å². The number of likely N-dealkylation sites (tertiary alicyclic amines) is 1. The molecule has 0 spiro atoms. The van der Waals surface area contributed by atoms with Gasteiger partial charge in [-0.05, 0) is 52.5 Å². The van der Waals surface area contributed by atoms with Crippen molar-refractivity contribution in [2.24, 2.45) is 0 Å². The van der Waals surface area contributed by atoms with E-state index in [1.165, 1.54) is 27.8 Å². The number of hydrogen-bond donors (Lipinski definition) is 0. The van der Waals surface area contributed by atoms with Gasteiger partial charge in [0.15, 0.2) is 0 Å². The molecular formula is C25H31NO. The van der Waals surface area contributed by atoms with Crippen LogP contribution in [0.25, 0.3) is 11.1 Å². The lowest BCUT2D eigenvalue weighted by molar-refractivity contribution is -0.138. The highest BCUT2D eigenvalue weighted by Crippen LogP contribution is 2.46. The van der Waals surface area contributed by atoms with Crippen LogP contribution in [-0.4, -0.2) is 23.9 Å². The number of piperidine rings is 1. The number of amides is 1. The van der Waals surface area contributed by atoms with Crippen molar-refractivity contribution < 1.29 is 4.79 Å². The fourth-order valence-electron chi connectivity index (χ4n) is 5.13. The van der Waals surface area contributed by atoms with Gasteiger partial charge in [-0.1, -0.05) is 70.2 Å². The first-order chi connectivity index (χ1) is 12.7. The predicted molar refractivity (Wildman–Crippen MR) is 112 cm³/mol. The highest BCUT2D eigenvalue weighted by molar-refractivity contribution is 5.78. The summed E-state index contributed by atoms with van der Waals surface area (Å²) >= 11 is 0. The minimum atomic E-state index is 0.0882. The Hall–Kier alpha value is -2.09. The van der Waals surface area contributed by atoms with Crippen molar-refractivity contribution in [3.63, 3.8) is 0 Å². The second-order valence-corrected chi connectivity index (χ2v) is 9.68. The zero-order valence-electron chi connectivity index (χ0n) is 17.3. The molecule has 0 bridgehead atoms. The molecule has 1 saturated heterocycles. The fourth-order valence-corrected chi connectivity index (χ4v) is 5.13. The van der Waals surface area contributed by atoms with Gasteiger partial charge >= 0.3 is 0 Å². The van der Waals surface area contributed by atoms with E-state index in [0.717, 1.165) is 19.3 Å². The van der Waals surface area contributed by atoms with Crippen molar-refractivity contribution >= 4 is 5.91 Å². The van der Waals surface area contributed by atoms with Gasteiger partial charge < -0.3 is 4.90 Å². The number of carbonyl (C=O) groups is 1. The van der Waals surface area contributed by atoms with E-state index in [2.05, 4.69) is 70.2 Å². The lowest BCUT2D eigenvalue weighted by Gasteiger charge is -2.50. The molecule has 0 unspecified atom stereocenters. The average molecular weight is 362 g/mol. The van der Waals surface area contributed by atoms with Gasteiger partial charge in [-0.25, -0.2) is 0 Å². The Kier molecular flexibility index (Phi) is 4.21. The number of aryl methyl sites for hydroxylation is 1. The van der Waals surface area contributed by atoms with Gasteiger partial charge in [0.05, 0.1) is 0 Å². The molecule has 2 atom stereocenters. The molecule has 2 aromatic rings. The molecule has 1 heterocycles. The second kappa shape index (κ2) is 6.22. The SMILES string of the molecule is CN1C(=O)CC[C@]2(C)c3ccc(-c4ccc(C(C)(C)C)cc4)cc3CC[C@@H]12. The molecule has 2 aliphatic rings. The fraction of sp³-hybridized carbons (Fsp3) is 0.480. The van der Waals surface area contributed by atoms with Crippen LogP contribution in [0, 0.1) is 0 Å². The minimum Gasteiger partial charge on any atom is -0.342 e. The Morgan fingerprint density at radius 1 is 1.00 bits per heavy atom. The van der Waals surface area contributed by atoms with Crippen LogP contribution in [0.1, 0.15) is 63.6 Å². The van der Waals surface area contributed by atoms with Gasteiger partial charge in [-0.2, -0.15) is 0 Å². The van der Waals surface area contributed by atoms with Crippen LogP contribution in [0.3, 0.4) is 0 Å². The molecule has 0 saturated carbocycles. The molecular weight excluding hydrogens is 330 g/mol. The lowest BCUT2D eigenvalue weighted by Crippen LogP contribution is -2.56. The summed E-state index contributed by atoms with van der Waals surface area (Å²) in [6, 6.07) is 16.3. The van der Waals surface area contributed by atoms with Gasteiger partial charge in [-0.15, -0.1) is 0 Å². The van der Waals surface area contributed by atoms with E-state index >= 15 is 0 Å². The average Bonchev–Trinajstić information content (AvgIpc) is 2.64. The van der Waals surface area contributed by atoms with Crippen LogP contribution in [0.2, 0.25) is 0 Å². The van der Waals surface area contributed by atoms with E-state index in [-0.39, 0.29) is 10.8 Å². The summed E-state index contributed by atoms with van der Waals surface area (Å²) in [6.45, 7) is 9.12. The Morgan fingerprint density at radius 2 is 1.67 bits per heavy atom. The summed E-state index contributed by atoms with van der Waals surface area (Å²) in [4.78, 5) is 14.2. The predicted octanol–water partition coefficient (Wildman–Crippen LogP) is 5.48. The Morgan fingerprint density at radius 3 is 2.33 bits per heavy atom. The van der Waals surface area contributed by atoms with Crippen LogP contribution >= 0.6 is 0 Å². The van der Waals surface area contributed by atoms with Gasteiger partial charge in [0.2, 0.25) is 5.91 Å². The molecule has 2 nitrogen and oxygen atoms in total. The largest absolute Gasteiger partial charge is 0.342 e. The maximum atomic E-state index is 12.2. The smallest absolute Gasteiger partial charge is 0.222 e. The molecule has 0 radical (unpaired) electrons. The third-order valence-corrected chi connectivity index (χ3v) is 6.95. The minimum absolute atomic E-state index is 0.0882. The molecule has 2 aromatic carbocycles. The molecule has 0 aromatic heterocycles. The summed E-state index contributed by atoms with van der Waals surface area (Å²) in [6.07, 6.45) is 3.76. The number of rotatable bonds is 1. The van der Waals surface area contributed by atoms with Crippen LogP contribution in [-0.2, 0) is 22.0 Å². The zero-order chi connectivity index (χ0) is 19.4. The van der Waals surface area contributed by atoms with E-state index < -0.39 is 0 Å². The Labute approximate surface area is 163 Å². The van der Waals surface area contributed by atoms with Crippen LogP contribution in [0.15, 0.2) is 42.5 Å². The third kappa shape index (κ3) is 2.99. The molecule has 1 aliphatic carbocycles. The number of carbonyl (C=O) groups excluding carboxylic acids is 1. The van der Waals surface area contributed by atoms with E-state index in [1.807, 2.05) is 11.9 Å². The van der Waals surface area contributed by atoms with Gasteiger partial charge in [0.25, 0.3) is 0 Å². The molecule has 1 aliphatic heterocycles. The van der Waals surface area contributed by atoms with Crippen LogP contribution < -0.4 is 0 Å². The number of hydrogen-bond acceptors (Lipinski definition) is 1. The van der Waals surface area contributed by atoms with Crippen molar-refractivity contribution in [3.05, 3.63) is 59.2 Å². The highest BCUT2D eigenvalue weighted by Gasteiger charge is 2.46. The van der Waals surface area contributed by atoms with Gasteiger partial charge in [-0.3, -0.25) is 4.79 Å². The highest BCUT2D eigenvalue weighted by atomic mass is 16.2. The maximum absolute atomic E-state index is 12.2. The van der Waals surface area contributed by atoms with E-state index in [4.69, 9.17) is 0 Å². The maximum Gasteiger partial charge on any atom is 0.222 e. The van der Waals surface area contributed by atoms with Crippen molar-refractivity contribution in [1.82, 2.24) is 4.90 Å². The van der Waals surface area contributed by atoms with Crippen LogP contribution in [0.5, 0.6) is 0 Å². The standard InChI is InChI=1S/C25H31NO/c1-24(2,3)20-10-6-17(7-11-20)18-8-12-21-19(16-18)9-13-22-25(21,4)15-14-23(27)26(22)5/h6-8,10-12,16,22H,9,13-15H2,1-5H3/t22-,25-/m1/s1. The normalized spacial score (nSPS) is 25.1. The zero-order valence-corrected chi connectivity index (χ0v) is 17.3. The quantitative estimate of drug-likeness (QED) is 0.659. The first-order valence-corrected chi connectivity index (χ1v) is 10.2. The summed E-state index contributed by atoms with van der Waals surface area (Å²) in [5.74, 6) is 0.302. The molecule has 142 valence electrons. The van der Waals surface area contributed by atoms with Gasteiger partial charge in [0, 0.05) is 24.9 Å². The number of fused-ring (bicyclic) bond motifs is 3. The topological polar surface area (TPSA) is 20.3 Å². The first-order valence-electron chi connectivity index (χ1n) is 10.2. The molecule has 4 rings (SSSR count). The van der Waals surface area contributed by atoms with Crippen molar-refractivity contribution in [3.8, 4) is 11.1 Å². The Bertz CT molecular complexity index is 874. The number of nitrogens with zero attached hydrogens (tertiary/aromatic N) is 1. The molecule has 1 fully saturated rings. The lowest BCUT2D eigenvalue weighted by atomic mass is 9.63.